The molecule has 0 amide bonds. The Bertz CT molecular complexity index is 353. The molecule has 0 atom stereocenters. The third kappa shape index (κ3) is 2.92. The first-order chi connectivity index (χ1) is 7.58. The van der Waals surface area contributed by atoms with Crippen LogP contribution in [0.1, 0.15) is 49.7 Å². The molecular formula is C14H18I2. The molecule has 0 heterocycles. The van der Waals surface area contributed by atoms with Gasteiger partial charge >= 0.3 is 0 Å². The van der Waals surface area contributed by atoms with Crippen molar-refractivity contribution >= 4 is 45.2 Å². The smallest absolute Gasteiger partial charge is 0.0172 e. The van der Waals surface area contributed by atoms with Crippen LogP contribution in [0.2, 0.25) is 0 Å². The summed E-state index contributed by atoms with van der Waals surface area (Å²) in [4.78, 5) is 0. The monoisotopic (exact) mass is 440 g/mol. The van der Waals surface area contributed by atoms with Crippen molar-refractivity contribution in [3.05, 3.63) is 30.4 Å². The molecule has 1 aliphatic rings. The van der Waals surface area contributed by atoms with E-state index in [1.54, 1.807) is 5.56 Å². The standard InChI is InChI=1S/C14H18I2/c1-9-3-5-11(6-4-9)12-7-13(15)10(2)14(16)8-12/h7-9,11H,3-6H2,1-2H3. The third-order valence-electron chi connectivity index (χ3n) is 3.79. The number of hydrogen-bond acceptors (Lipinski definition) is 0. The number of hydrogen-bond donors (Lipinski definition) is 0. The summed E-state index contributed by atoms with van der Waals surface area (Å²) in [6.45, 7) is 4.61. The Labute approximate surface area is 126 Å². The van der Waals surface area contributed by atoms with Crippen LogP contribution in [0.4, 0.5) is 0 Å². The van der Waals surface area contributed by atoms with Crippen molar-refractivity contribution in [2.45, 2.75) is 45.4 Å². The minimum Gasteiger partial charge on any atom is -0.0625 e. The average molecular weight is 440 g/mol. The predicted molar refractivity (Wildman–Crippen MR) is 87.0 cm³/mol. The van der Waals surface area contributed by atoms with E-state index in [9.17, 15) is 0 Å². The Morgan fingerprint density at radius 3 is 2.00 bits per heavy atom. The average Bonchev–Trinajstić information content (AvgIpc) is 2.26. The van der Waals surface area contributed by atoms with E-state index in [0.29, 0.717) is 0 Å². The van der Waals surface area contributed by atoms with Gasteiger partial charge in [0.2, 0.25) is 0 Å². The predicted octanol–water partition coefficient (Wildman–Crippen LogP) is 5.50. The highest BCUT2D eigenvalue weighted by atomic mass is 127. The van der Waals surface area contributed by atoms with Crippen LogP contribution >= 0.6 is 45.2 Å². The number of halogens is 2. The van der Waals surface area contributed by atoms with Gasteiger partial charge in [-0.05, 0) is 100 Å². The molecule has 0 nitrogen and oxygen atoms in total. The molecule has 0 radical (unpaired) electrons. The summed E-state index contributed by atoms with van der Waals surface area (Å²) in [5.41, 5.74) is 3.01. The van der Waals surface area contributed by atoms with Gasteiger partial charge in [0.05, 0.1) is 0 Å². The quantitative estimate of drug-likeness (QED) is 0.507. The zero-order valence-corrected chi connectivity index (χ0v) is 14.2. The van der Waals surface area contributed by atoms with E-state index < -0.39 is 0 Å². The van der Waals surface area contributed by atoms with Crippen molar-refractivity contribution in [3.63, 3.8) is 0 Å². The molecule has 0 aliphatic heterocycles. The molecule has 2 heteroatoms. The van der Waals surface area contributed by atoms with E-state index >= 15 is 0 Å². The van der Waals surface area contributed by atoms with Crippen molar-refractivity contribution < 1.29 is 0 Å². The van der Waals surface area contributed by atoms with Crippen LogP contribution in [-0.4, -0.2) is 0 Å². The minimum absolute atomic E-state index is 0.818. The Balaban J connectivity index is 2.21. The molecule has 2 rings (SSSR count). The molecular weight excluding hydrogens is 422 g/mol. The van der Waals surface area contributed by atoms with Gasteiger partial charge in [0.25, 0.3) is 0 Å². The molecule has 1 fully saturated rings. The van der Waals surface area contributed by atoms with Gasteiger partial charge < -0.3 is 0 Å². The van der Waals surface area contributed by atoms with Gasteiger partial charge in [-0.1, -0.05) is 19.8 Å². The summed E-state index contributed by atoms with van der Waals surface area (Å²) < 4.78 is 2.86. The maximum absolute atomic E-state index is 2.47. The maximum Gasteiger partial charge on any atom is 0.0172 e. The van der Waals surface area contributed by atoms with E-state index in [4.69, 9.17) is 0 Å². The topological polar surface area (TPSA) is 0 Å². The zero-order valence-electron chi connectivity index (χ0n) is 9.89. The summed E-state index contributed by atoms with van der Waals surface area (Å²) in [5.74, 6) is 1.76. The first kappa shape index (κ1) is 13.1. The lowest BCUT2D eigenvalue weighted by atomic mass is 9.79. The summed E-state index contributed by atoms with van der Waals surface area (Å²) in [5, 5.41) is 0. The summed E-state index contributed by atoms with van der Waals surface area (Å²) >= 11 is 4.94. The van der Waals surface area contributed by atoms with Crippen molar-refractivity contribution in [2.24, 2.45) is 5.92 Å². The van der Waals surface area contributed by atoms with Crippen molar-refractivity contribution in [2.75, 3.05) is 0 Å². The highest BCUT2D eigenvalue weighted by Crippen LogP contribution is 2.37. The van der Waals surface area contributed by atoms with Gasteiger partial charge in [-0.15, -0.1) is 0 Å². The van der Waals surface area contributed by atoms with E-state index in [1.165, 1.54) is 38.4 Å². The van der Waals surface area contributed by atoms with Gasteiger partial charge in [-0.2, -0.15) is 0 Å². The van der Waals surface area contributed by atoms with Crippen LogP contribution in [0.15, 0.2) is 12.1 Å². The summed E-state index contributed by atoms with van der Waals surface area (Å²) in [6, 6.07) is 4.80. The second kappa shape index (κ2) is 5.55. The summed E-state index contributed by atoms with van der Waals surface area (Å²) in [6.07, 6.45) is 5.59. The Kier molecular flexibility index (Phi) is 4.55. The minimum atomic E-state index is 0.818. The first-order valence-corrected chi connectivity index (χ1v) is 8.19. The van der Waals surface area contributed by atoms with Gasteiger partial charge in [-0.3, -0.25) is 0 Å². The van der Waals surface area contributed by atoms with E-state index in [0.717, 1.165) is 11.8 Å². The molecule has 1 aliphatic carbocycles. The van der Waals surface area contributed by atoms with Crippen LogP contribution in [0.25, 0.3) is 0 Å². The van der Waals surface area contributed by atoms with Gasteiger partial charge in [0, 0.05) is 7.14 Å². The second-order valence-electron chi connectivity index (χ2n) is 5.07. The van der Waals surface area contributed by atoms with Crippen molar-refractivity contribution in [1.29, 1.82) is 0 Å². The van der Waals surface area contributed by atoms with Crippen LogP contribution < -0.4 is 0 Å². The van der Waals surface area contributed by atoms with Gasteiger partial charge in [0.15, 0.2) is 0 Å². The van der Waals surface area contributed by atoms with E-state index in [2.05, 4.69) is 71.2 Å². The molecule has 16 heavy (non-hydrogen) atoms. The van der Waals surface area contributed by atoms with Crippen LogP contribution in [0.5, 0.6) is 0 Å². The Morgan fingerprint density at radius 1 is 1.00 bits per heavy atom. The molecule has 1 saturated carbocycles. The highest BCUT2D eigenvalue weighted by molar-refractivity contribution is 14.1. The van der Waals surface area contributed by atoms with Gasteiger partial charge in [-0.25, -0.2) is 0 Å². The second-order valence-corrected chi connectivity index (χ2v) is 7.39. The molecule has 0 N–H and O–H groups in total. The molecule has 0 spiro atoms. The van der Waals surface area contributed by atoms with Crippen LogP contribution in [0.3, 0.4) is 0 Å². The normalized spacial score (nSPS) is 25.8. The fourth-order valence-corrected chi connectivity index (χ4v) is 4.31. The molecule has 0 bridgehead atoms. The fraction of sp³-hybridized carbons (Fsp3) is 0.571. The maximum atomic E-state index is 2.47. The highest BCUT2D eigenvalue weighted by Gasteiger charge is 2.20. The van der Waals surface area contributed by atoms with Gasteiger partial charge in [0.1, 0.15) is 0 Å². The molecule has 0 saturated heterocycles. The Morgan fingerprint density at radius 2 is 1.50 bits per heavy atom. The lowest BCUT2D eigenvalue weighted by Crippen LogP contribution is -2.11. The number of rotatable bonds is 1. The zero-order chi connectivity index (χ0) is 11.7. The lowest BCUT2D eigenvalue weighted by Gasteiger charge is -2.27. The van der Waals surface area contributed by atoms with Crippen molar-refractivity contribution in [3.8, 4) is 0 Å². The third-order valence-corrected chi connectivity index (χ3v) is 6.03. The van der Waals surface area contributed by atoms with E-state index in [-0.39, 0.29) is 0 Å². The Hall–Kier alpha value is 0.680. The molecule has 88 valence electrons. The summed E-state index contributed by atoms with van der Waals surface area (Å²) in [7, 11) is 0. The van der Waals surface area contributed by atoms with Crippen LogP contribution in [-0.2, 0) is 0 Å². The fourth-order valence-electron chi connectivity index (χ4n) is 2.49. The number of benzene rings is 1. The molecule has 1 aromatic rings. The SMILES string of the molecule is Cc1c(I)cc(C2CCC(C)CC2)cc1I. The molecule has 0 unspecified atom stereocenters. The molecule has 0 aromatic heterocycles. The van der Waals surface area contributed by atoms with Crippen molar-refractivity contribution in [1.82, 2.24) is 0 Å². The lowest BCUT2D eigenvalue weighted by molar-refractivity contribution is 0.348. The molecule has 1 aromatic carbocycles. The first-order valence-electron chi connectivity index (χ1n) is 6.03. The largest absolute Gasteiger partial charge is 0.0625 e. The van der Waals surface area contributed by atoms with Crippen LogP contribution in [0, 0.1) is 20.0 Å². The van der Waals surface area contributed by atoms with E-state index in [1.807, 2.05) is 0 Å².